The molecule has 0 amide bonds. The highest BCUT2D eigenvalue weighted by Gasteiger charge is 2.22. The molecule has 1 atom stereocenters. The molecule has 0 aromatic heterocycles. The zero-order chi connectivity index (χ0) is 12.8. The largest absolute Gasteiger partial charge is 0.398 e. The Labute approximate surface area is 115 Å². The first-order valence-electron chi connectivity index (χ1n) is 6.21. The first kappa shape index (κ1) is 10.8. The molecule has 1 aliphatic carbocycles. The van der Waals surface area contributed by atoms with Crippen molar-refractivity contribution in [2.24, 2.45) is 5.73 Å². The molecule has 3 aliphatic rings. The smallest absolute Gasteiger partial charge is 0.0762 e. The van der Waals surface area contributed by atoms with E-state index in [0.29, 0.717) is 5.25 Å². The summed E-state index contributed by atoms with van der Waals surface area (Å²) >= 11 is 1.72. The topological polar surface area (TPSA) is 50.1 Å². The molecule has 0 fully saturated rings. The molecule has 1 aromatic carbocycles. The van der Waals surface area contributed by atoms with Gasteiger partial charge in [0.1, 0.15) is 0 Å². The fraction of sp³-hybridized carbons (Fsp3) is 0.0667. The first-order chi connectivity index (χ1) is 9.34. The van der Waals surface area contributed by atoms with E-state index in [9.17, 15) is 0 Å². The van der Waals surface area contributed by atoms with E-state index in [1.165, 1.54) is 10.8 Å². The predicted molar refractivity (Wildman–Crippen MR) is 82.7 cm³/mol. The maximum atomic E-state index is 6.03. The molecule has 2 heterocycles. The van der Waals surface area contributed by atoms with Gasteiger partial charge in [0.2, 0.25) is 0 Å². The second-order valence-electron chi connectivity index (χ2n) is 4.68. The van der Waals surface area contributed by atoms with Crippen LogP contribution in [-0.2, 0) is 0 Å². The van der Waals surface area contributed by atoms with E-state index >= 15 is 0 Å². The van der Waals surface area contributed by atoms with Gasteiger partial charge in [0.05, 0.1) is 16.6 Å². The molecule has 1 aromatic rings. The summed E-state index contributed by atoms with van der Waals surface area (Å²) in [7, 11) is 0. The lowest BCUT2D eigenvalue weighted by Crippen LogP contribution is -2.30. The summed E-state index contributed by atoms with van der Waals surface area (Å²) in [5.74, 6) is 0. The Kier molecular flexibility index (Phi) is 2.26. The number of hydrogen-bond donors (Lipinski definition) is 3. The number of anilines is 2. The summed E-state index contributed by atoms with van der Waals surface area (Å²) in [4.78, 5) is 0. The van der Waals surface area contributed by atoms with Gasteiger partial charge in [0.15, 0.2) is 0 Å². The maximum Gasteiger partial charge on any atom is 0.0762 e. The molecule has 19 heavy (non-hydrogen) atoms. The average Bonchev–Trinajstić information content (AvgIpc) is 2.47. The van der Waals surface area contributed by atoms with Crippen molar-refractivity contribution in [1.29, 1.82) is 0 Å². The quantitative estimate of drug-likeness (QED) is 0.622. The van der Waals surface area contributed by atoms with Crippen molar-refractivity contribution in [1.82, 2.24) is 0 Å². The average molecular weight is 267 g/mol. The highest BCUT2D eigenvalue weighted by Crippen LogP contribution is 2.32. The van der Waals surface area contributed by atoms with Crippen molar-refractivity contribution in [3.8, 4) is 0 Å². The van der Waals surface area contributed by atoms with E-state index in [2.05, 4.69) is 46.5 Å². The van der Waals surface area contributed by atoms with Gasteiger partial charge in [0, 0.05) is 22.3 Å². The lowest BCUT2D eigenvalue weighted by molar-refractivity contribution is 1.34. The molecule has 2 aliphatic heterocycles. The lowest BCUT2D eigenvalue weighted by atomic mass is 10.0. The van der Waals surface area contributed by atoms with Gasteiger partial charge in [-0.1, -0.05) is 36.4 Å². The normalized spacial score (nSPS) is 22.2. The minimum atomic E-state index is 0.385. The fourth-order valence-corrected chi connectivity index (χ4v) is 3.59. The van der Waals surface area contributed by atoms with Gasteiger partial charge in [-0.05, 0) is 23.6 Å². The van der Waals surface area contributed by atoms with Crippen LogP contribution in [0.15, 0.2) is 48.7 Å². The number of benzene rings is 1. The summed E-state index contributed by atoms with van der Waals surface area (Å²) in [5, 5.41) is 6.00. The lowest BCUT2D eigenvalue weighted by Gasteiger charge is -2.26. The molecule has 0 spiro atoms. The van der Waals surface area contributed by atoms with Crippen molar-refractivity contribution in [2.45, 2.75) is 5.25 Å². The van der Waals surface area contributed by atoms with E-state index < -0.39 is 0 Å². The molecule has 0 radical (unpaired) electrons. The highest BCUT2D eigenvalue weighted by molar-refractivity contribution is 8.01. The number of nitrogens with two attached hydrogens (primary N) is 1. The van der Waals surface area contributed by atoms with Crippen LogP contribution in [0.2, 0.25) is 0 Å². The molecular formula is C15H13N3S. The minimum Gasteiger partial charge on any atom is -0.398 e. The van der Waals surface area contributed by atoms with E-state index in [4.69, 9.17) is 5.73 Å². The van der Waals surface area contributed by atoms with Gasteiger partial charge in [-0.15, -0.1) is 0 Å². The summed E-state index contributed by atoms with van der Waals surface area (Å²) in [6, 6.07) is 4.24. The third-order valence-electron chi connectivity index (χ3n) is 3.59. The number of nitrogens with one attached hydrogen (secondary N) is 2. The monoisotopic (exact) mass is 267 g/mol. The molecule has 4 rings (SSSR count). The molecule has 94 valence electrons. The highest BCUT2D eigenvalue weighted by atomic mass is 32.2. The van der Waals surface area contributed by atoms with Crippen LogP contribution in [0.4, 0.5) is 11.4 Å². The number of rotatable bonds is 0. The van der Waals surface area contributed by atoms with Crippen molar-refractivity contribution >= 4 is 34.6 Å². The first-order valence-corrected chi connectivity index (χ1v) is 7.09. The van der Waals surface area contributed by atoms with Crippen molar-refractivity contribution in [2.75, 3.05) is 10.0 Å². The van der Waals surface area contributed by atoms with E-state index in [1.54, 1.807) is 11.9 Å². The Morgan fingerprint density at radius 1 is 1.05 bits per heavy atom. The summed E-state index contributed by atoms with van der Waals surface area (Å²) < 4.78 is 3.46. The van der Waals surface area contributed by atoms with Crippen LogP contribution in [0.25, 0.3) is 11.3 Å². The molecule has 1 unspecified atom stereocenters. The van der Waals surface area contributed by atoms with Crippen molar-refractivity contribution in [3.63, 3.8) is 0 Å². The standard InChI is InChI=1S/C15H13N3S/c16-12-7-8-17-14-11(12)6-5-10-9-3-1-2-4-13(9)19-18-15(10)14/h1-8,13,17-18H,16H2. The van der Waals surface area contributed by atoms with E-state index in [0.717, 1.165) is 22.3 Å². The van der Waals surface area contributed by atoms with Gasteiger partial charge < -0.3 is 15.8 Å². The maximum absolute atomic E-state index is 6.03. The minimum absolute atomic E-state index is 0.385. The number of hydrogen-bond acceptors (Lipinski definition) is 4. The summed E-state index contributed by atoms with van der Waals surface area (Å²) in [5.41, 5.74) is 10.4. The van der Waals surface area contributed by atoms with Crippen LogP contribution in [0.5, 0.6) is 0 Å². The predicted octanol–water partition coefficient (Wildman–Crippen LogP) is 1.41. The second kappa shape index (κ2) is 3.96. The third-order valence-corrected chi connectivity index (χ3v) is 4.57. The van der Waals surface area contributed by atoms with Crippen LogP contribution >= 0.6 is 11.9 Å². The van der Waals surface area contributed by atoms with Gasteiger partial charge in [0.25, 0.3) is 0 Å². The van der Waals surface area contributed by atoms with Crippen LogP contribution in [0.3, 0.4) is 0 Å². The molecule has 0 bridgehead atoms. The Balaban J connectivity index is 2.09. The van der Waals surface area contributed by atoms with Gasteiger partial charge in [-0.3, -0.25) is 0 Å². The zero-order valence-electron chi connectivity index (χ0n) is 10.2. The fourth-order valence-electron chi connectivity index (χ4n) is 2.64. The SMILES string of the molecule is NC1=c2ccc3c(c2NC=C1)NSC1C=CC=CC=31. The third kappa shape index (κ3) is 1.53. The van der Waals surface area contributed by atoms with E-state index in [1.807, 2.05) is 12.3 Å². The molecule has 0 saturated heterocycles. The number of fused-ring (bicyclic) bond motifs is 4. The Morgan fingerprint density at radius 3 is 2.89 bits per heavy atom. The van der Waals surface area contributed by atoms with Gasteiger partial charge in [-0.2, -0.15) is 0 Å². The summed E-state index contributed by atoms with van der Waals surface area (Å²) in [6.45, 7) is 0. The van der Waals surface area contributed by atoms with Crippen molar-refractivity contribution in [3.05, 3.63) is 59.2 Å². The zero-order valence-corrected chi connectivity index (χ0v) is 11.0. The second-order valence-corrected chi connectivity index (χ2v) is 5.63. The molecule has 3 nitrogen and oxygen atoms in total. The number of allylic oxidation sites excluding steroid dienone is 3. The Hall–Kier alpha value is -2.07. The molecule has 4 heteroatoms. The van der Waals surface area contributed by atoms with Crippen molar-refractivity contribution < 1.29 is 0 Å². The Bertz CT molecular complexity index is 771. The Morgan fingerprint density at radius 2 is 1.95 bits per heavy atom. The van der Waals surface area contributed by atoms with Gasteiger partial charge >= 0.3 is 0 Å². The van der Waals surface area contributed by atoms with Crippen LogP contribution < -0.4 is 26.2 Å². The summed E-state index contributed by atoms with van der Waals surface area (Å²) in [6.07, 6.45) is 12.4. The molecule has 0 saturated carbocycles. The van der Waals surface area contributed by atoms with Crippen LogP contribution in [-0.4, -0.2) is 5.25 Å². The molecule has 4 N–H and O–H groups in total. The molecular weight excluding hydrogens is 254 g/mol. The van der Waals surface area contributed by atoms with Crippen LogP contribution in [0, 0.1) is 0 Å². The van der Waals surface area contributed by atoms with Gasteiger partial charge in [-0.25, -0.2) is 0 Å². The van der Waals surface area contributed by atoms with Crippen LogP contribution in [0.1, 0.15) is 0 Å². The van der Waals surface area contributed by atoms with E-state index in [-0.39, 0.29) is 0 Å².